The summed E-state index contributed by atoms with van der Waals surface area (Å²) in [5, 5.41) is 1.62. The number of hydrogen-bond acceptors (Lipinski definition) is 2. The highest BCUT2D eigenvalue weighted by molar-refractivity contribution is 6.91. The summed E-state index contributed by atoms with van der Waals surface area (Å²) in [7, 11) is -3.79. The van der Waals surface area contributed by atoms with Gasteiger partial charge in [-0.2, -0.15) is 0 Å². The predicted octanol–water partition coefficient (Wildman–Crippen LogP) is 6.66. The van der Waals surface area contributed by atoms with Gasteiger partial charge in [-0.3, -0.25) is 4.79 Å². The molecular formula is C25H40O2Si2. The van der Waals surface area contributed by atoms with Crippen LogP contribution in [-0.2, 0) is 9.22 Å². The van der Waals surface area contributed by atoms with Crippen molar-refractivity contribution in [2.75, 3.05) is 0 Å². The Labute approximate surface area is 180 Å². The lowest BCUT2D eigenvalue weighted by molar-refractivity contribution is -0.123. The molecule has 3 atom stereocenters. The third kappa shape index (κ3) is 4.63. The fourth-order valence-electron chi connectivity index (χ4n) is 4.87. The fraction of sp³-hybridized carbons (Fsp3) is 0.640. The van der Waals surface area contributed by atoms with Gasteiger partial charge in [0.1, 0.15) is 5.78 Å². The minimum atomic E-state index is -1.99. The number of benzene rings is 1. The zero-order valence-electron chi connectivity index (χ0n) is 19.5. The molecule has 0 N–H and O–H groups in total. The molecule has 160 valence electrons. The molecule has 0 aromatic heterocycles. The fourth-order valence-corrected chi connectivity index (χ4v) is 9.45. The van der Waals surface area contributed by atoms with E-state index in [2.05, 4.69) is 83.4 Å². The van der Waals surface area contributed by atoms with Crippen molar-refractivity contribution in [2.24, 2.45) is 11.8 Å². The molecule has 3 rings (SSSR count). The number of ketones is 1. The van der Waals surface area contributed by atoms with Crippen molar-refractivity contribution in [3.63, 3.8) is 0 Å². The van der Waals surface area contributed by atoms with Gasteiger partial charge in [-0.05, 0) is 48.5 Å². The van der Waals surface area contributed by atoms with Crippen molar-refractivity contribution in [1.82, 2.24) is 0 Å². The molecule has 0 saturated heterocycles. The quantitative estimate of drug-likeness (QED) is 0.501. The number of Topliss-reactive ketones (excluding diaryl/α,β-unsaturated/α-hetero) is 1. The Morgan fingerprint density at radius 2 is 1.59 bits per heavy atom. The first-order valence-corrected chi connectivity index (χ1v) is 17.4. The summed E-state index contributed by atoms with van der Waals surface area (Å²) in [5.74, 6) is 1.91. The normalized spacial score (nSPS) is 26.4. The molecule has 1 aromatic carbocycles. The highest BCUT2D eigenvalue weighted by Crippen LogP contribution is 2.47. The number of carbonyl (C=O) groups is 1. The van der Waals surface area contributed by atoms with Crippen molar-refractivity contribution in [3.8, 4) is 0 Å². The van der Waals surface area contributed by atoms with Crippen LogP contribution in [-0.4, -0.2) is 22.2 Å². The maximum Gasteiger partial charge on any atom is 0.250 e. The molecule has 0 unspecified atom stereocenters. The lowest BCUT2D eigenvalue weighted by atomic mass is 9.85. The van der Waals surface area contributed by atoms with Crippen LogP contribution in [0.3, 0.4) is 0 Å². The third-order valence-electron chi connectivity index (χ3n) is 7.90. The standard InChI is InChI=1S/C25H40O2Si2/c1-25(2,3)29(6,7)27-23-18-24(28(4,5)20-14-9-8-10-15-20)19-13-11-12-16-21(23)22(26)17-19/h8-10,14-15,18-19,21,24H,11-13,16-17H2,1-7H3/t19-,21+,24-/m0/s1. The lowest BCUT2D eigenvalue weighted by Gasteiger charge is -2.39. The first-order chi connectivity index (χ1) is 13.4. The average molecular weight is 429 g/mol. The van der Waals surface area contributed by atoms with E-state index >= 15 is 0 Å². The number of rotatable bonds is 4. The zero-order chi connectivity index (χ0) is 21.4. The van der Waals surface area contributed by atoms with E-state index in [0.717, 1.165) is 25.0 Å². The molecule has 4 heteroatoms. The second-order valence-corrected chi connectivity index (χ2v) is 20.7. The van der Waals surface area contributed by atoms with Gasteiger partial charge in [0.15, 0.2) is 0 Å². The molecule has 0 spiro atoms. The first kappa shape index (κ1) is 22.5. The molecule has 1 fully saturated rings. The van der Waals surface area contributed by atoms with Crippen molar-refractivity contribution in [3.05, 3.63) is 42.2 Å². The molecule has 1 saturated carbocycles. The van der Waals surface area contributed by atoms with Crippen LogP contribution in [0.15, 0.2) is 42.2 Å². The molecule has 29 heavy (non-hydrogen) atoms. The van der Waals surface area contributed by atoms with Crippen LogP contribution in [0, 0.1) is 11.8 Å². The third-order valence-corrected chi connectivity index (χ3v) is 16.4. The molecular weight excluding hydrogens is 388 g/mol. The Morgan fingerprint density at radius 3 is 2.21 bits per heavy atom. The summed E-state index contributed by atoms with van der Waals surface area (Å²) in [6.45, 7) is 16.5. The minimum absolute atomic E-state index is 0.0162. The Kier molecular flexibility index (Phi) is 6.36. The van der Waals surface area contributed by atoms with Gasteiger partial charge >= 0.3 is 0 Å². The van der Waals surface area contributed by atoms with Gasteiger partial charge in [0.25, 0.3) is 0 Å². The van der Waals surface area contributed by atoms with E-state index in [4.69, 9.17) is 4.43 Å². The van der Waals surface area contributed by atoms with Gasteiger partial charge in [-0.1, -0.05) is 82.2 Å². The molecule has 2 aliphatic carbocycles. The van der Waals surface area contributed by atoms with Crippen molar-refractivity contribution in [1.29, 1.82) is 0 Å². The van der Waals surface area contributed by atoms with E-state index in [1.54, 1.807) is 0 Å². The summed E-state index contributed by atoms with van der Waals surface area (Å²) in [6, 6.07) is 11.0. The molecule has 2 nitrogen and oxygen atoms in total. The second kappa shape index (κ2) is 8.18. The van der Waals surface area contributed by atoms with Crippen molar-refractivity contribution < 1.29 is 9.22 Å². The topological polar surface area (TPSA) is 26.3 Å². The smallest absolute Gasteiger partial charge is 0.250 e. The van der Waals surface area contributed by atoms with Gasteiger partial charge in [0.05, 0.1) is 19.8 Å². The van der Waals surface area contributed by atoms with Gasteiger partial charge < -0.3 is 4.43 Å². The summed E-state index contributed by atoms with van der Waals surface area (Å²) in [6.07, 6.45) is 7.73. The molecule has 0 radical (unpaired) electrons. The van der Waals surface area contributed by atoms with Crippen LogP contribution in [0.5, 0.6) is 0 Å². The van der Waals surface area contributed by atoms with E-state index in [1.165, 1.54) is 18.0 Å². The Hall–Kier alpha value is -1.14. The first-order valence-electron chi connectivity index (χ1n) is 11.4. The minimum Gasteiger partial charge on any atom is -0.546 e. The van der Waals surface area contributed by atoms with Gasteiger partial charge in [-0.15, -0.1) is 0 Å². The van der Waals surface area contributed by atoms with Crippen molar-refractivity contribution in [2.45, 2.75) is 89.6 Å². The Balaban J connectivity index is 2.08. The number of fused-ring (bicyclic) bond motifs is 3. The summed E-state index contributed by atoms with van der Waals surface area (Å²) in [4.78, 5) is 13.3. The summed E-state index contributed by atoms with van der Waals surface area (Å²) in [5.41, 5.74) is 0.455. The zero-order valence-corrected chi connectivity index (χ0v) is 21.5. The van der Waals surface area contributed by atoms with E-state index in [1.807, 2.05) is 0 Å². The van der Waals surface area contributed by atoms with Crippen LogP contribution in [0.1, 0.15) is 52.9 Å². The lowest BCUT2D eigenvalue weighted by Crippen LogP contribution is -2.48. The van der Waals surface area contributed by atoms with E-state index in [9.17, 15) is 4.79 Å². The van der Waals surface area contributed by atoms with Crippen LogP contribution in [0.2, 0.25) is 36.8 Å². The number of carbonyl (C=O) groups excluding carboxylic acids is 1. The van der Waals surface area contributed by atoms with Crippen LogP contribution < -0.4 is 5.19 Å². The van der Waals surface area contributed by atoms with E-state index < -0.39 is 16.4 Å². The van der Waals surface area contributed by atoms with Crippen LogP contribution in [0.4, 0.5) is 0 Å². The molecule has 2 bridgehead atoms. The Bertz CT molecular complexity index is 759. The average Bonchev–Trinajstić information content (AvgIpc) is 2.68. The summed E-state index contributed by atoms with van der Waals surface area (Å²) < 4.78 is 6.90. The van der Waals surface area contributed by atoms with E-state index in [-0.39, 0.29) is 11.0 Å². The maximum absolute atomic E-state index is 13.3. The van der Waals surface area contributed by atoms with Crippen molar-refractivity contribution >= 4 is 27.4 Å². The van der Waals surface area contributed by atoms with E-state index in [0.29, 0.717) is 17.2 Å². The largest absolute Gasteiger partial charge is 0.546 e. The second-order valence-electron chi connectivity index (χ2n) is 11.3. The highest BCUT2D eigenvalue weighted by Gasteiger charge is 2.46. The predicted molar refractivity (Wildman–Crippen MR) is 129 cm³/mol. The van der Waals surface area contributed by atoms with Gasteiger partial charge in [-0.25, -0.2) is 0 Å². The molecule has 0 amide bonds. The maximum atomic E-state index is 13.3. The molecule has 0 aliphatic heterocycles. The van der Waals surface area contributed by atoms with Crippen LogP contribution in [0.25, 0.3) is 0 Å². The molecule has 0 heterocycles. The number of hydrogen-bond donors (Lipinski definition) is 0. The van der Waals surface area contributed by atoms with Gasteiger partial charge in [0, 0.05) is 6.42 Å². The van der Waals surface area contributed by atoms with Gasteiger partial charge in [0.2, 0.25) is 8.32 Å². The highest BCUT2D eigenvalue weighted by atomic mass is 28.4. The summed E-state index contributed by atoms with van der Waals surface area (Å²) >= 11 is 0. The molecule has 2 aliphatic rings. The Morgan fingerprint density at radius 1 is 0.966 bits per heavy atom. The number of allylic oxidation sites excluding steroid dienone is 2. The molecule has 1 aromatic rings. The van der Waals surface area contributed by atoms with Crippen LogP contribution >= 0.6 is 0 Å². The monoisotopic (exact) mass is 428 g/mol. The SMILES string of the molecule is CC(C)(C)[Si](C)(C)OC1=C[C@H]([Si](C)(C)c2ccccc2)[C@H]2CCCC[C@@H]1C(=O)C2.